The Kier molecular flexibility index (Phi) is 5.45. The zero-order valence-electron chi connectivity index (χ0n) is 16.7. The first kappa shape index (κ1) is 19.4. The highest BCUT2D eigenvalue weighted by Gasteiger charge is 2.37. The number of hydrogen-bond acceptors (Lipinski definition) is 5. The topological polar surface area (TPSA) is 95.7 Å². The van der Waals surface area contributed by atoms with Gasteiger partial charge in [0.05, 0.1) is 12.0 Å². The number of hydrogen-bond donors (Lipinski definition) is 2. The highest BCUT2D eigenvalue weighted by molar-refractivity contribution is 5.92. The maximum atomic E-state index is 12.8. The van der Waals surface area contributed by atoms with Crippen molar-refractivity contribution in [2.24, 2.45) is 0 Å². The Labute approximate surface area is 165 Å². The van der Waals surface area contributed by atoms with E-state index in [-0.39, 0.29) is 30.3 Å². The van der Waals surface area contributed by atoms with Crippen LogP contribution in [0.25, 0.3) is 0 Å². The zero-order valence-corrected chi connectivity index (χ0v) is 16.7. The molecule has 7 nitrogen and oxygen atoms in total. The van der Waals surface area contributed by atoms with Gasteiger partial charge in [-0.05, 0) is 45.4 Å². The number of piperidine rings is 1. The van der Waals surface area contributed by atoms with Crippen molar-refractivity contribution in [2.45, 2.75) is 94.7 Å². The SMILES string of the molecule is C[C@H]1CC(NC(=O)c2cc(C3CC3)on2)CCN1C(=O)CC1(O)CCCCC1. The first-order valence-corrected chi connectivity index (χ1v) is 10.7. The lowest BCUT2D eigenvalue weighted by atomic mass is 9.82. The van der Waals surface area contributed by atoms with Crippen molar-refractivity contribution >= 4 is 11.8 Å². The van der Waals surface area contributed by atoms with Gasteiger partial charge in [0.2, 0.25) is 5.91 Å². The van der Waals surface area contributed by atoms with Gasteiger partial charge >= 0.3 is 0 Å². The molecule has 28 heavy (non-hydrogen) atoms. The molecule has 2 atom stereocenters. The van der Waals surface area contributed by atoms with Gasteiger partial charge in [-0.15, -0.1) is 0 Å². The lowest BCUT2D eigenvalue weighted by Gasteiger charge is -2.40. The number of nitrogens with zero attached hydrogens (tertiary/aromatic N) is 2. The summed E-state index contributed by atoms with van der Waals surface area (Å²) in [6.07, 6.45) is 8.45. The van der Waals surface area contributed by atoms with Crippen LogP contribution in [0, 0.1) is 0 Å². The third kappa shape index (κ3) is 4.40. The van der Waals surface area contributed by atoms with E-state index in [0.717, 1.165) is 50.7 Å². The van der Waals surface area contributed by atoms with E-state index in [1.807, 2.05) is 11.8 Å². The Balaban J connectivity index is 1.28. The summed E-state index contributed by atoms with van der Waals surface area (Å²) in [6, 6.07) is 1.81. The molecule has 3 aliphatic rings. The van der Waals surface area contributed by atoms with E-state index in [1.54, 1.807) is 6.07 Å². The number of nitrogens with one attached hydrogen (secondary N) is 1. The summed E-state index contributed by atoms with van der Waals surface area (Å²) in [6.45, 7) is 2.62. The van der Waals surface area contributed by atoms with E-state index >= 15 is 0 Å². The van der Waals surface area contributed by atoms with Crippen molar-refractivity contribution in [3.63, 3.8) is 0 Å². The van der Waals surface area contributed by atoms with Gasteiger partial charge in [-0.3, -0.25) is 9.59 Å². The largest absolute Gasteiger partial charge is 0.389 e. The van der Waals surface area contributed by atoms with Gasteiger partial charge < -0.3 is 19.8 Å². The second-order valence-electron chi connectivity index (χ2n) is 8.98. The molecule has 0 radical (unpaired) electrons. The number of aromatic nitrogens is 1. The summed E-state index contributed by atoms with van der Waals surface area (Å²) >= 11 is 0. The average molecular weight is 389 g/mol. The number of carbonyl (C=O) groups excluding carboxylic acids is 2. The molecule has 7 heteroatoms. The van der Waals surface area contributed by atoms with E-state index in [4.69, 9.17) is 4.52 Å². The number of amides is 2. The van der Waals surface area contributed by atoms with Crippen LogP contribution in [0.4, 0.5) is 0 Å². The van der Waals surface area contributed by atoms with Crippen LogP contribution in [0.5, 0.6) is 0 Å². The Morgan fingerprint density at radius 3 is 2.71 bits per heavy atom. The van der Waals surface area contributed by atoms with Crippen LogP contribution in [0.2, 0.25) is 0 Å². The highest BCUT2D eigenvalue weighted by Crippen LogP contribution is 2.40. The summed E-state index contributed by atoms with van der Waals surface area (Å²) in [7, 11) is 0. The van der Waals surface area contributed by atoms with Crippen molar-refractivity contribution < 1.29 is 19.2 Å². The Morgan fingerprint density at radius 2 is 2.04 bits per heavy atom. The summed E-state index contributed by atoms with van der Waals surface area (Å²) in [5, 5.41) is 17.6. The van der Waals surface area contributed by atoms with E-state index < -0.39 is 5.60 Å². The molecule has 1 saturated heterocycles. The number of carbonyl (C=O) groups is 2. The van der Waals surface area contributed by atoms with Crippen LogP contribution in [-0.2, 0) is 4.79 Å². The molecule has 3 fully saturated rings. The summed E-state index contributed by atoms with van der Waals surface area (Å²) in [4.78, 5) is 27.1. The first-order valence-electron chi connectivity index (χ1n) is 10.7. The molecule has 0 bridgehead atoms. The third-order valence-electron chi connectivity index (χ3n) is 6.54. The molecule has 1 unspecified atom stereocenters. The quantitative estimate of drug-likeness (QED) is 0.807. The van der Waals surface area contributed by atoms with Crippen LogP contribution in [0.15, 0.2) is 10.6 Å². The van der Waals surface area contributed by atoms with Crippen LogP contribution >= 0.6 is 0 Å². The lowest BCUT2D eigenvalue weighted by molar-refractivity contribution is -0.141. The minimum Gasteiger partial charge on any atom is -0.389 e. The van der Waals surface area contributed by atoms with E-state index in [2.05, 4.69) is 10.5 Å². The van der Waals surface area contributed by atoms with Gasteiger partial charge in [-0.1, -0.05) is 24.4 Å². The van der Waals surface area contributed by atoms with E-state index in [1.165, 1.54) is 0 Å². The molecular weight excluding hydrogens is 358 g/mol. The fourth-order valence-corrected chi connectivity index (χ4v) is 4.66. The molecule has 0 aromatic carbocycles. The molecule has 154 valence electrons. The minimum atomic E-state index is -0.827. The molecule has 2 aliphatic carbocycles. The smallest absolute Gasteiger partial charge is 0.273 e. The molecule has 4 rings (SSSR count). The maximum Gasteiger partial charge on any atom is 0.273 e. The molecule has 0 spiro atoms. The van der Waals surface area contributed by atoms with E-state index in [9.17, 15) is 14.7 Å². The minimum absolute atomic E-state index is 0.0189. The Morgan fingerprint density at radius 1 is 1.29 bits per heavy atom. The standard InChI is InChI=1S/C21H31N3O4/c1-14-11-16(22-20(26)17-12-18(28-23-17)15-5-6-15)7-10-24(14)19(25)13-21(27)8-3-2-4-9-21/h12,14-16,27H,2-11,13H2,1H3,(H,22,26)/t14-,16?/m0/s1. The highest BCUT2D eigenvalue weighted by atomic mass is 16.5. The van der Waals surface area contributed by atoms with Crippen LogP contribution in [-0.4, -0.2) is 51.2 Å². The molecular formula is C21H31N3O4. The molecule has 1 aromatic heterocycles. The zero-order chi connectivity index (χ0) is 19.7. The van der Waals surface area contributed by atoms with Crippen molar-refractivity contribution in [1.82, 2.24) is 15.4 Å². The van der Waals surface area contributed by atoms with Gasteiger partial charge in [-0.2, -0.15) is 0 Å². The van der Waals surface area contributed by atoms with Gasteiger partial charge in [0, 0.05) is 30.6 Å². The summed E-state index contributed by atoms with van der Waals surface area (Å²) in [5.41, 5.74) is -0.487. The van der Waals surface area contributed by atoms with Crippen molar-refractivity contribution in [1.29, 1.82) is 0 Å². The molecule has 2 saturated carbocycles. The first-order chi connectivity index (χ1) is 13.4. The number of rotatable bonds is 5. The van der Waals surface area contributed by atoms with Crippen molar-refractivity contribution in [3.8, 4) is 0 Å². The van der Waals surface area contributed by atoms with Gasteiger partial charge in [0.25, 0.3) is 5.91 Å². The molecule has 1 aromatic rings. The maximum absolute atomic E-state index is 12.8. The van der Waals surface area contributed by atoms with Crippen LogP contribution in [0.1, 0.15) is 93.3 Å². The second kappa shape index (κ2) is 7.85. The van der Waals surface area contributed by atoms with Gasteiger partial charge in [-0.25, -0.2) is 0 Å². The molecule has 1 aliphatic heterocycles. The second-order valence-corrected chi connectivity index (χ2v) is 8.98. The van der Waals surface area contributed by atoms with Crippen LogP contribution in [0.3, 0.4) is 0 Å². The van der Waals surface area contributed by atoms with Crippen molar-refractivity contribution in [3.05, 3.63) is 17.5 Å². The molecule has 2 N–H and O–H groups in total. The monoisotopic (exact) mass is 389 g/mol. The fourth-order valence-electron chi connectivity index (χ4n) is 4.66. The third-order valence-corrected chi connectivity index (χ3v) is 6.54. The number of likely N-dealkylation sites (tertiary alicyclic amines) is 1. The molecule has 2 heterocycles. The predicted octanol–water partition coefficient (Wildman–Crippen LogP) is 2.75. The Hall–Kier alpha value is -1.89. The van der Waals surface area contributed by atoms with Crippen LogP contribution < -0.4 is 5.32 Å². The Bertz CT molecular complexity index is 721. The lowest BCUT2D eigenvalue weighted by Crippen LogP contribution is -2.52. The summed E-state index contributed by atoms with van der Waals surface area (Å²) in [5.74, 6) is 1.07. The van der Waals surface area contributed by atoms with Gasteiger partial charge in [0.1, 0.15) is 5.76 Å². The predicted molar refractivity (Wildman–Crippen MR) is 103 cm³/mol. The van der Waals surface area contributed by atoms with Crippen molar-refractivity contribution in [2.75, 3.05) is 6.54 Å². The average Bonchev–Trinajstić information content (AvgIpc) is 3.38. The fraction of sp³-hybridized carbons (Fsp3) is 0.762. The number of aliphatic hydroxyl groups is 1. The summed E-state index contributed by atoms with van der Waals surface area (Å²) < 4.78 is 5.26. The normalized spacial score (nSPS) is 27.4. The van der Waals surface area contributed by atoms with Gasteiger partial charge in [0.15, 0.2) is 5.69 Å². The molecule has 2 amide bonds. The van der Waals surface area contributed by atoms with E-state index in [0.29, 0.717) is 31.0 Å².